The lowest BCUT2D eigenvalue weighted by molar-refractivity contribution is -0.350. The molecule has 0 atom stereocenters. The summed E-state index contributed by atoms with van der Waals surface area (Å²) in [7, 11) is 0. The van der Waals surface area contributed by atoms with Crippen LogP contribution < -0.4 is 15.3 Å². The van der Waals surface area contributed by atoms with E-state index in [-0.39, 0.29) is 22.0 Å². The van der Waals surface area contributed by atoms with Crippen LogP contribution in [-0.2, 0) is 4.79 Å². The molecule has 0 N–H and O–H groups in total. The van der Waals surface area contributed by atoms with Crippen molar-refractivity contribution in [2.45, 2.75) is 6.11 Å². The average molecular weight is 305 g/mol. The monoisotopic (exact) mass is 305 g/mol. The number of carboxylic acids is 1. The van der Waals surface area contributed by atoms with Gasteiger partial charge >= 0.3 is 6.11 Å². The molecule has 0 fully saturated rings. The van der Waals surface area contributed by atoms with Gasteiger partial charge in [-0.05, 0) is 24.3 Å². The number of aliphatic carboxylic acids is 1. The molecule has 3 rings (SSSR count). The van der Waals surface area contributed by atoms with Crippen molar-refractivity contribution in [2.24, 2.45) is 0 Å². The molecule has 1 heterocycles. The highest BCUT2D eigenvalue weighted by Crippen LogP contribution is 2.26. The van der Waals surface area contributed by atoms with Crippen LogP contribution >= 0.6 is 0 Å². The second-order valence-corrected chi connectivity index (χ2v) is 4.49. The summed E-state index contributed by atoms with van der Waals surface area (Å²) in [5.74, 6) is -3.12. The molecule has 0 aliphatic carbocycles. The van der Waals surface area contributed by atoms with Crippen LogP contribution in [0.5, 0.6) is 5.75 Å². The fourth-order valence-corrected chi connectivity index (χ4v) is 2.03. The summed E-state index contributed by atoms with van der Waals surface area (Å²) >= 11 is 0. The zero-order valence-electron chi connectivity index (χ0n) is 10.8. The maximum atomic E-state index is 13.0. The number of carbonyl (C=O) groups excluding carboxylic acids is 1. The molecule has 0 amide bonds. The largest absolute Gasteiger partial charge is 0.541 e. The first-order valence-electron chi connectivity index (χ1n) is 6.12. The van der Waals surface area contributed by atoms with E-state index in [1.54, 1.807) is 24.3 Å². The first-order valence-corrected chi connectivity index (χ1v) is 6.12. The molecule has 0 saturated carbocycles. The number of hydrogen-bond donors (Lipinski definition) is 0. The smallest absolute Gasteiger partial charge is 0.441 e. The Bertz CT molecular complexity index is 945. The van der Waals surface area contributed by atoms with Gasteiger partial charge in [-0.1, -0.05) is 12.1 Å². The number of ether oxygens (including phenoxy) is 1. The zero-order chi connectivity index (χ0) is 15.9. The van der Waals surface area contributed by atoms with Gasteiger partial charge in [0.05, 0.1) is 10.8 Å². The highest BCUT2D eigenvalue weighted by Gasteiger charge is 2.34. The van der Waals surface area contributed by atoms with E-state index in [1.807, 2.05) is 0 Å². The van der Waals surface area contributed by atoms with Crippen molar-refractivity contribution in [1.82, 2.24) is 0 Å². The van der Waals surface area contributed by atoms with Crippen molar-refractivity contribution in [3.8, 4) is 5.75 Å². The molecule has 0 aliphatic rings. The summed E-state index contributed by atoms with van der Waals surface area (Å²) in [6.07, 6.45) is -4.48. The molecule has 1 aromatic heterocycles. The Morgan fingerprint density at radius 2 is 1.77 bits per heavy atom. The highest BCUT2D eigenvalue weighted by molar-refractivity contribution is 5.90. The summed E-state index contributed by atoms with van der Waals surface area (Å²) in [5, 5.41) is 10.8. The average Bonchev–Trinajstić information content (AvgIpc) is 2.46. The standard InChI is InChI=1S/C15H8F2O5/c16-15(17,14(19)20)22-8-5-6-10-12(7-8)21-11-4-2-1-3-9(11)13(10)18/h1-7H,(H,19,20)/p-1. The van der Waals surface area contributed by atoms with Gasteiger partial charge in [-0.25, -0.2) is 0 Å². The van der Waals surface area contributed by atoms with Crippen molar-refractivity contribution in [1.29, 1.82) is 0 Å². The minimum absolute atomic E-state index is 0.00958. The van der Waals surface area contributed by atoms with Gasteiger partial charge in [-0.15, -0.1) is 0 Å². The molecule has 2 aromatic carbocycles. The molecule has 7 heteroatoms. The van der Waals surface area contributed by atoms with Crippen LogP contribution in [0.15, 0.2) is 51.7 Å². The van der Waals surface area contributed by atoms with Crippen LogP contribution in [0.3, 0.4) is 0 Å². The fraction of sp³-hybridized carbons (Fsp3) is 0.0667. The Balaban J connectivity index is 2.16. The van der Waals surface area contributed by atoms with Crippen molar-refractivity contribution in [3.63, 3.8) is 0 Å². The van der Waals surface area contributed by atoms with Crippen LogP contribution in [-0.4, -0.2) is 12.1 Å². The Morgan fingerprint density at radius 1 is 1.09 bits per heavy atom. The molecular weight excluding hydrogens is 298 g/mol. The lowest BCUT2D eigenvalue weighted by Crippen LogP contribution is -2.45. The van der Waals surface area contributed by atoms with E-state index in [9.17, 15) is 23.5 Å². The van der Waals surface area contributed by atoms with Crippen LogP contribution in [0, 0.1) is 0 Å². The maximum absolute atomic E-state index is 13.0. The highest BCUT2D eigenvalue weighted by atomic mass is 19.3. The molecule has 0 unspecified atom stereocenters. The Labute approximate surface area is 121 Å². The van der Waals surface area contributed by atoms with Crippen molar-refractivity contribution in [3.05, 3.63) is 52.7 Å². The molecule has 112 valence electrons. The van der Waals surface area contributed by atoms with E-state index in [0.29, 0.717) is 5.39 Å². The number of rotatable bonds is 3. The number of carbonyl (C=O) groups is 1. The third-order valence-corrected chi connectivity index (χ3v) is 3.03. The Kier molecular flexibility index (Phi) is 3.05. The van der Waals surface area contributed by atoms with Gasteiger partial charge in [-0.3, -0.25) is 4.79 Å². The van der Waals surface area contributed by atoms with E-state index in [0.717, 1.165) is 12.1 Å². The van der Waals surface area contributed by atoms with Crippen LogP contribution in [0.4, 0.5) is 8.78 Å². The number of hydrogen-bond acceptors (Lipinski definition) is 5. The summed E-state index contributed by atoms with van der Waals surface area (Å²) < 4.78 is 35.5. The minimum atomic E-state index is -4.48. The minimum Gasteiger partial charge on any atom is -0.541 e. The number of para-hydroxylation sites is 1. The molecule has 5 nitrogen and oxygen atoms in total. The normalized spacial score (nSPS) is 11.7. The molecular formula is C15H7F2O5-. The zero-order valence-corrected chi connectivity index (χ0v) is 10.8. The van der Waals surface area contributed by atoms with Crippen LogP contribution in [0.1, 0.15) is 0 Å². The van der Waals surface area contributed by atoms with Crippen LogP contribution in [0.2, 0.25) is 0 Å². The molecule has 0 aliphatic heterocycles. The summed E-state index contributed by atoms with van der Waals surface area (Å²) in [5.41, 5.74) is -0.0331. The summed E-state index contributed by atoms with van der Waals surface area (Å²) in [6.45, 7) is 0. The Hall–Kier alpha value is -2.96. The molecule has 22 heavy (non-hydrogen) atoms. The van der Waals surface area contributed by atoms with Gasteiger partial charge in [0.25, 0.3) is 0 Å². The molecule has 3 aromatic rings. The van der Waals surface area contributed by atoms with E-state index in [2.05, 4.69) is 4.74 Å². The SMILES string of the molecule is O=C([O-])C(F)(F)Oc1ccc2c(=O)c3ccccc3oc2c1. The van der Waals surface area contributed by atoms with E-state index < -0.39 is 17.8 Å². The van der Waals surface area contributed by atoms with Gasteiger partial charge in [0.15, 0.2) is 5.97 Å². The number of alkyl halides is 2. The fourth-order valence-electron chi connectivity index (χ4n) is 2.03. The van der Waals surface area contributed by atoms with Gasteiger partial charge < -0.3 is 19.1 Å². The maximum Gasteiger partial charge on any atom is 0.441 e. The second-order valence-electron chi connectivity index (χ2n) is 4.49. The predicted molar refractivity (Wildman–Crippen MR) is 70.6 cm³/mol. The second kappa shape index (κ2) is 4.80. The number of benzene rings is 2. The van der Waals surface area contributed by atoms with Gasteiger partial charge in [0, 0.05) is 6.07 Å². The van der Waals surface area contributed by atoms with Crippen LogP contribution in [0.25, 0.3) is 21.9 Å². The third-order valence-electron chi connectivity index (χ3n) is 3.03. The number of fused-ring (bicyclic) bond motifs is 2. The number of carboxylic acid groups (broad SMARTS) is 1. The topological polar surface area (TPSA) is 79.6 Å². The van der Waals surface area contributed by atoms with Crippen molar-refractivity contribution < 1.29 is 27.8 Å². The molecule has 0 radical (unpaired) electrons. The van der Waals surface area contributed by atoms with E-state index in [4.69, 9.17) is 4.42 Å². The predicted octanol–water partition coefficient (Wildman–Crippen LogP) is 1.67. The molecule has 0 spiro atoms. The molecule has 0 saturated heterocycles. The summed E-state index contributed by atoms with van der Waals surface area (Å²) in [6, 6.07) is 9.78. The number of halogens is 2. The van der Waals surface area contributed by atoms with E-state index >= 15 is 0 Å². The summed E-state index contributed by atoms with van der Waals surface area (Å²) in [4.78, 5) is 22.5. The Morgan fingerprint density at radius 3 is 2.50 bits per heavy atom. The van der Waals surface area contributed by atoms with Crippen molar-refractivity contribution >= 4 is 27.9 Å². The lowest BCUT2D eigenvalue weighted by Gasteiger charge is -2.18. The van der Waals surface area contributed by atoms with E-state index in [1.165, 1.54) is 6.07 Å². The van der Waals surface area contributed by atoms with Gasteiger partial charge in [0.1, 0.15) is 16.9 Å². The third kappa shape index (κ3) is 2.26. The quantitative estimate of drug-likeness (QED) is 0.688. The van der Waals surface area contributed by atoms with Gasteiger partial charge in [-0.2, -0.15) is 8.78 Å². The lowest BCUT2D eigenvalue weighted by atomic mass is 10.1. The van der Waals surface area contributed by atoms with Crippen molar-refractivity contribution in [2.75, 3.05) is 0 Å². The van der Waals surface area contributed by atoms with Gasteiger partial charge in [0.2, 0.25) is 5.43 Å². The first-order chi connectivity index (χ1) is 10.4. The first kappa shape index (κ1) is 14.0. The molecule has 0 bridgehead atoms.